The molecule has 2 rings (SSSR count). The van der Waals surface area contributed by atoms with Crippen molar-refractivity contribution in [1.82, 2.24) is 9.88 Å². The van der Waals surface area contributed by atoms with Gasteiger partial charge in [-0.2, -0.15) is 0 Å². The van der Waals surface area contributed by atoms with E-state index < -0.39 is 0 Å². The molecule has 0 atom stereocenters. The number of nitrogens with zero attached hydrogens (tertiary/aromatic N) is 1. The van der Waals surface area contributed by atoms with Gasteiger partial charge in [0.1, 0.15) is 0 Å². The quantitative estimate of drug-likeness (QED) is 0.865. The van der Waals surface area contributed by atoms with E-state index in [4.69, 9.17) is 0 Å². The standard InChI is InChI=1S/C15H20N2O/c1-9(2)11-6-10(3)7-12-13(15(18)16-4)8-17(5)14(11)12/h6-9H,1-5H3,(H,16,18). The Labute approximate surface area is 108 Å². The lowest BCUT2D eigenvalue weighted by molar-refractivity contribution is 0.0964. The van der Waals surface area contributed by atoms with Gasteiger partial charge in [0.25, 0.3) is 5.91 Å². The van der Waals surface area contributed by atoms with E-state index in [1.807, 2.05) is 13.2 Å². The first-order valence-electron chi connectivity index (χ1n) is 6.27. The van der Waals surface area contributed by atoms with Crippen LogP contribution in [0.25, 0.3) is 10.9 Å². The Morgan fingerprint density at radius 1 is 1.33 bits per heavy atom. The molecule has 96 valence electrons. The fourth-order valence-corrected chi connectivity index (χ4v) is 2.49. The second-order valence-electron chi connectivity index (χ2n) is 5.14. The molecule has 0 radical (unpaired) electrons. The summed E-state index contributed by atoms with van der Waals surface area (Å²) < 4.78 is 2.05. The van der Waals surface area contributed by atoms with Gasteiger partial charge in [-0.1, -0.05) is 25.5 Å². The molecule has 0 aliphatic rings. The molecule has 0 bridgehead atoms. The number of aryl methyl sites for hydroxylation is 2. The van der Waals surface area contributed by atoms with Crippen LogP contribution in [0.1, 0.15) is 41.3 Å². The highest BCUT2D eigenvalue weighted by molar-refractivity contribution is 6.07. The van der Waals surface area contributed by atoms with Crippen molar-refractivity contribution in [3.8, 4) is 0 Å². The number of amides is 1. The van der Waals surface area contributed by atoms with E-state index >= 15 is 0 Å². The molecule has 0 saturated heterocycles. The maximum Gasteiger partial charge on any atom is 0.253 e. The van der Waals surface area contributed by atoms with E-state index in [0.717, 1.165) is 16.5 Å². The van der Waals surface area contributed by atoms with Crippen molar-refractivity contribution >= 4 is 16.8 Å². The number of carbonyl (C=O) groups excluding carboxylic acids is 1. The Balaban J connectivity index is 2.83. The lowest BCUT2D eigenvalue weighted by atomic mass is 9.97. The van der Waals surface area contributed by atoms with Crippen LogP contribution < -0.4 is 5.32 Å². The van der Waals surface area contributed by atoms with Crippen LogP contribution in [0.5, 0.6) is 0 Å². The maximum absolute atomic E-state index is 11.9. The zero-order valence-corrected chi connectivity index (χ0v) is 11.7. The molecule has 1 amide bonds. The molecule has 0 unspecified atom stereocenters. The van der Waals surface area contributed by atoms with Crippen LogP contribution in [0.3, 0.4) is 0 Å². The summed E-state index contributed by atoms with van der Waals surface area (Å²) in [6.45, 7) is 6.44. The molecule has 0 spiro atoms. The minimum absolute atomic E-state index is 0.0269. The number of aromatic nitrogens is 1. The van der Waals surface area contributed by atoms with Crippen LogP contribution in [-0.4, -0.2) is 17.5 Å². The summed E-state index contributed by atoms with van der Waals surface area (Å²) in [5.41, 5.74) is 4.40. The van der Waals surface area contributed by atoms with Gasteiger partial charge in [0.05, 0.1) is 11.1 Å². The van der Waals surface area contributed by atoms with Crippen LogP contribution in [0, 0.1) is 6.92 Å². The number of nitrogens with one attached hydrogen (secondary N) is 1. The van der Waals surface area contributed by atoms with Gasteiger partial charge in [-0.3, -0.25) is 4.79 Å². The zero-order valence-electron chi connectivity index (χ0n) is 11.7. The van der Waals surface area contributed by atoms with Crippen molar-refractivity contribution in [1.29, 1.82) is 0 Å². The lowest BCUT2D eigenvalue weighted by Crippen LogP contribution is -2.17. The highest BCUT2D eigenvalue weighted by atomic mass is 16.1. The first-order chi connectivity index (χ1) is 8.45. The molecule has 2 aromatic rings. The number of benzene rings is 1. The molecule has 1 aromatic heterocycles. The van der Waals surface area contributed by atoms with Gasteiger partial charge >= 0.3 is 0 Å². The van der Waals surface area contributed by atoms with Gasteiger partial charge in [-0.05, 0) is 24.5 Å². The molecule has 1 aromatic carbocycles. The van der Waals surface area contributed by atoms with E-state index in [1.165, 1.54) is 11.1 Å². The molecule has 18 heavy (non-hydrogen) atoms. The molecule has 1 N–H and O–H groups in total. The van der Waals surface area contributed by atoms with Gasteiger partial charge in [0, 0.05) is 25.7 Å². The van der Waals surface area contributed by atoms with E-state index in [-0.39, 0.29) is 5.91 Å². The topological polar surface area (TPSA) is 34.0 Å². The Bertz CT molecular complexity index is 608. The first kappa shape index (κ1) is 12.7. The molecule has 3 heteroatoms. The third-order valence-electron chi connectivity index (χ3n) is 3.34. The zero-order chi connectivity index (χ0) is 13.4. The monoisotopic (exact) mass is 244 g/mol. The van der Waals surface area contributed by atoms with Crippen LogP contribution in [-0.2, 0) is 7.05 Å². The third-order valence-corrected chi connectivity index (χ3v) is 3.34. The molecule has 1 heterocycles. The summed E-state index contributed by atoms with van der Waals surface area (Å²) >= 11 is 0. The number of rotatable bonds is 2. The summed E-state index contributed by atoms with van der Waals surface area (Å²) in [5, 5.41) is 3.74. The van der Waals surface area contributed by atoms with E-state index in [1.54, 1.807) is 7.05 Å². The van der Waals surface area contributed by atoms with Crippen LogP contribution in [0.2, 0.25) is 0 Å². The number of fused-ring (bicyclic) bond motifs is 1. The molecule has 0 aliphatic carbocycles. The highest BCUT2D eigenvalue weighted by Gasteiger charge is 2.17. The smallest absolute Gasteiger partial charge is 0.253 e. The molecular formula is C15H20N2O. The molecule has 0 aliphatic heterocycles. The minimum Gasteiger partial charge on any atom is -0.355 e. The van der Waals surface area contributed by atoms with Crippen molar-refractivity contribution in [2.45, 2.75) is 26.7 Å². The molecule has 0 saturated carbocycles. The predicted octanol–water partition coefficient (Wildman–Crippen LogP) is 2.97. The van der Waals surface area contributed by atoms with Crippen molar-refractivity contribution in [2.75, 3.05) is 7.05 Å². The van der Waals surface area contributed by atoms with Crippen molar-refractivity contribution in [3.63, 3.8) is 0 Å². The molecule has 3 nitrogen and oxygen atoms in total. The fraction of sp³-hybridized carbons (Fsp3) is 0.400. The number of hydrogen-bond donors (Lipinski definition) is 1. The van der Waals surface area contributed by atoms with Gasteiger partial charge in [0.15, 0.2) is 0 Å². The average Bonchev–Trinajstić information content (AvgIpc) is 2.64. The lowest BCUT2D eigenvalue weighted by Gasteiger charge is -2.11. The summed E-state index contributed by atoms with van der Waals surface area (Å²) in [6.07, 6.45) is 1.91. The second-order valence-corrected chi connectivity index (χ2v) is 5.14. The predicted molar refractivity (Wildman–Crippen MR) is 75.1 cm³/mol. The van der Waals surface area contributed by atoms with Crippen LogP contribution >= 0.6 is 0 Å². The Kier molecular flexibility index (Phi) is 3.16. The third kappa shape index (κ3) is 1.90. The first-order valence-corrected chi connectivity index (χ1v) is 6.27. The van der Waals surface area contributed by atoms with Crippen molar-refractivity contribution < 1.29 is 4.79 Å². The summed E-state index contributed by atoms with van der Waals surface area (Å²) in [4.78, 5) is 11.9. The summed E-state index contributed by atoms with van der Waals surface area (Å²) in [5.74, 6) is 0.416. The average molecular weight is 244 g/mol. The van der Waals surface area contributed by atoms with E-state index in [0.29, 0.717) is 5.92 Å². The Morgan fingerprint density at radius 3 is 2.56 bits per heavy atom. The Hall–Kier alpha value is -1.77. The van der Waals surface area contributed by atoms with Crippen molar-refractivity contribution in [2.24, 2.45) is 7.05 Å². The van der Waals surface area contributed by atoms with E-state index in [9.17, 15) is 4.79 Å². The van der Waals surface area contributed by atoms with Gasteiger partial charge in [-0.25, -0.2) is 0 Å². The van der Waals surface area contributed by atoms with Gasteiger partial charge < -0.3 is 9.88 Å². The van der Waals surface area contributed by atoms with E-state index in [2.05, 4.69) is 42.8 Å². The van der Waals surface area contributed by atoms with Crippen LogP contribution in [0.15, 0.2) is 18.3 Å². The van der Waals surface area contributed by atoms with Gasteiger partial charge in [0.2, 0.25) is 0 Å². The molecular weight excluding hydrogens is 224 g/mol. The fourth-order valence-electron chi connectivity index (χ4n) is 2.49. The normalized spacial score (nSPS) is 11.2. The van der Waals surface area contributed by atoms with Gasteiger partial charge in [-0.15, -0.1) is 0 Å². The summed E-state index contributed by atoms with van der Waals surface area (Å²) in [6, 6.07) is 4.30. The highest BCUT2D eigenvalue weighted by Crippen LogP contribution is 2.30. The number of carbonyl (C=O) groups is 1. The SMILES string of the molecule is CNC(=O)c1cn(C)c2c(C(C)C)cc(C)cc12. The second kappa shape index (κ2) is 4.48. The maximum atomic E-state index is 11.9. The van der Waals surface area contributed by atoms with Crippen molar-refractivity contribution in [3.05, 3.63) is 35.0 Å². The Morgan fingerprint density at radius 2 is 2.00 bits per heavy atom. The minimum atomic E-state index is -0.0269. The number of hydrogen-bond acceptors (Lipinski definition) is 1. The van der Waals surface area contributed by atoms with Crippen LogP contribution in [0.4, 0.5) is 0 Å². The largest absolute Gasteiger partial charge is 0.355 e. The molecule has 0 fully saturated rings. The summed E-state index contributed by atoms with van der Waals surface area (Å²) in [7, 11) is 3.66.